The fraction of sp³-hybridized carbons (Fsp3) is 0.190. The Kier molecular flexibility index (Phi) is 11.2. The number of ketones is 4. The summed E-state index contributed by atoms with van der Waals surface area (Å²) >= 11 is 2.15. The Hall–Kier alpha value is -7.32. The molecule has 0 saturated heterocycles. The molecule has 4 aromatic heterocycles. The Balaban J connectivity index is 0.000000187. The number of anilines is 1. The topological polar surface area (TPSA) is 251 Å². The van der Waals surface area contributed by atoms with Crippen molar-refractivity contribution in [3.63, 3.8) is 0 Å². The van der Waals surface area contributed by atoms with Crippen LogP contribution in [0.1, 0.15) is 66.7 Å². The third-order valence-electron chi connectivity index (χ3n) is 10.3. The molecule has 0 unspecified atom stereocenters. The molecule has 2 aromatic carbocycles. The SMILES string of the molecule is CCc1nc2c(c3c1C(=O)C(Sc1ccc(N)cc1)=CC3=O)c(=O)n(C)c(=O)n2C.CCc1nc2c(c3c1C(=O)C(Sc1ccc([N+](=O)[O-])cc1)=CC3=O)c(=O)n(C)c(=O)n2C. The van der Waals surface area contributed by atoms with Crippen molar-refractivity contribution in [1.82, 2.24) is 28.2 Å². The van der Waals surface area contributed by atoms with Gasteiger partial charge in [0.2, 0.25) is 11.6 Å². The summed E-state index contributed by atoms with van der Waals surface area (Å²) in [5.41, 5.74) is 4.70. The lowest BCUT2D eigenvalue weighted by Crippen LogP contribution is -2.39. The van der Waals surface area contributed by atoms with Crippen LogP contribution in [0.15, 0.2) is 99.5 Å². The lowest BCUT2D eigenvalue weighted by Gasteiger charge is -2.20. The smallest absolute Gasteiger partial charge is 0.332 e. The number of non-ortho nitro benzene ring substituents is 1. The van der Waals surface area contributed by atoms with E-state index in [0.29, 0.717) is 34.8 Å². The molecule has 62 heavy (non-hydrogen) atoms. The highest BCUT2D eigenvalue weighted by Crippen LogP contribution is 2.38. The van der Waals surface area contributed by atoms with Crippen LogP contribution in [0.2, 0.25) is 0 Å². The van der Waals surface area contributed by atoms with E-state index in [0.717, 1.165) is 43.6 Å². The number of pyridine rings is 2. The molecular weight excluding hydrogens is 841 g/mol. The van der Waals surface area contributed by atoms with Crippen LogP contribution in [-0.2, 0) is 41.0 Å². The molecule has 2 N–H and O–H groups in total. The van der Waals surface area contributed by atoms with Crippen LogP contribution in [0.5, 0.6) is 0 Å². The van der Waals surface area contributed by atoms with Gasteiger partial charge in [0.15, 0.2) is 11.6 Å². The van der Waals surface area contributed by atoms with Crippen molar-refractivity contribution in [3.05, 3.63) is 156 Å². The summed E-state index contributed by atoms with van der Waals surface area (Å²) in [5, 5.41) is 10.8. The van der Waals surface area contributed by atoms with E-state index in [4.69, 9.17) is 5.73 Å². The Bertz CT molecular complexity index is 3340. The summed E-state index contributed by atoms with van der Waals surface area (Å²) in [4.78, 5) is 124. The number of nitrogens with zero attached hydrogens (tertiary/aromatic N) is 7. The fourth-order valence-corrected chi connectivity index (χ4v) is 8.88. The molecule has 0 bridgehead atoms. The second-order valence-corrected chi connectivity index (χ2v) is 16.3. The van der Waals surface area contributed by atoms with Crippen LogP contribution in [-0.4, -0.2) is 56.3 Å². The number of aromatic nitrogens is 6. The molecule has 0 fully saturated rings. The Morgan fingerprint density at radius 1 is 0.581 bits per heavy atom. The van der Waals surface area contributed by atoms with Crippen LogP contribution < -0.4 is 28.2 Å². The standard InChI is InChI=1S/C21H16N4O6S.C21H18N4O4S/c1-4-12-15-16(17-19(22-12)23(2)21(29)24(3)20(17)28)13(26)9-14(18(15)27)32-11-7-5-10(6-8-11)25(30)31;1-4-12-15-16(17-19(23-12)24(2)21(29)25(3)20(17)28)13(26)9-14(18(15)27)30-11-7-5-10(22)6-8-11/h5-9H,4H2,1-3H3;5-9H,4,22H2,1-3H3. The van der Waals surface area contributed by atoms with Crippen molar-refractivity contribution < 1.29 is 24.1 Å². The zero-order valence-corrected chi connectivity index (χ0v) is 35.4. The molecular formula is C42H34N8O10S2. The van der Waals surface area contributed by atoms with Crippen molar-refractivity contribution >= 4 is 80.1 Å². The number of hydrogen-bond acceptors (Lipinski definition) is 15. The highest BCUT2D eigenvalue weighted by atomic mass is 32.2. The predicted molar refractivity (Wildman–Crippen MR) is 232 cm³/mol. The number of benzene rings is 2. The summed E-state index contributed by atoms with van der Waals surface area (Å²) in [5.74, 6) is -1.83. The van der Waals surface area contributed by atoms with Gasteiger partial charge in [-0.25, -0.2) is 19.6 Å². The molecule has 8 rings (SSSR count). The number of nitrogen functional groups attached to an aromatic ring is 1. The number of nitrogens with two attached hydrogens (primary N) is 1. The second-order valence-electron chi connectivity index (χ2n) is 14.1. The summed E-state index contributed by atoms with van der Waals surface area (Å²) < 4.78 is 4.18. The number of carbonyl (C=O) groups is 4. The van der Waals surface area contributed by atoms with Crippen molar-refractivity contribution in [2.24, 2.45) is 28.2 Å². The monoisotopic (exact) mass is 874 g/mol. The van der Waals surface area contributed by atoms with Crippen LogP contribution >= 0.6 is 23.5 Å². The maximum atomic E-state index is 13.3. The Labute approximate surface area is 357 Å². The van der Waals surface area contributed by atoms with E-state index in [1.807, 2.05) is 0 Å². The minimum atomic E-state index is -0.699. The predicted octanol–water partition coefficient (Wildman–Crippen LogP) is 3.99. The van der Waals surface area contributed by atoms with Crippen molar-refractivity contribution in [2.75, 3.05) is 5.73 Å². The molecule has 0 atom stereocenters. The number of thioether (sulfide) groups is 2. The normalized spacial score (nSPS) is 13.4. The molecule has 0 aliphatic heterocycles. The van der Waals surface area contributed by atoms with Crippen LogP contribution in [0.25, 0.3) is 22.1 Å². The molecule has 20 heteroatoms. The first-order valence-electron chi connectivity index (χ1n) is 18.7. The number of Topliss-reactive ketones (excluding diaryl/α,β-unsaturated/α-hetero) is 2. The number of allylic oxidation sites excluding steroid dienone is 4. The van der Waals surface area contributed by atoms with E-state index in [2.05, 4.69) is 9.97 Å². The van der Waals surface area contributed by atoms with Gasteiger partial charge in [0.05, 0.1) is 59.1 Å². The summed E-state index contributed by atoms with van der Waals surface area (Å²) in [7, 11) is 5.56. The minimum Gasteiger partial charge on any atom is -0.399 e. The first-order valence-corrected chi connectivity index (χ1v) is 20.4. The summed E-state index contributed by atoms with van der Waals surface area (Å²) in [6.07, 6.45) is 3.06. The third-order valence-corrected chi connectivity index (χ3v) is 12.4. The first-order chi connectivity index (χ1) is 29.4. The number of carbonyl (C=O) groups excluding carboxylic acids is 4. The van der Waals surface area contributed by atoms with Crippen LogP contribution in [0.4, 0.5) is 11.4 Å². The second kappa shape index (κ2) is 16.3. The van der Waals surface area contributed by atoms with Gasteiger partial charge in [-0.15, -0.1) is 0 Å². The molecule has 0 spiro atoms. The lowest BCUT2D eigenvalue weighted by molar-refractivity contribution is -0.384. The van der Waals surface area contributed by atoms with E-state index in [9.17, 15) is 48.5 Å². The number of hydrogen-bond donors (Lipinski definition) is 1. The molecule has 2 aliphatic rings. The van der Waals surface area contributed by atoms with Gasteiger partial charge < -0.3 is 5.73 Å². The highest BCUT2D eigenvalue weighted by Gasteiger charge is 2.35. The van der Waals surface area contributed by atoms with Gasteiger partial charge in [0.1, 0.15) is 11.3 Å². The van der Waals surface area contributed by atoms with E-state index in [-0.39, 0.29) is 65.6 Å². The van der Waals surface area contributed by atoms with Gasteiger partial charge in [-0.05, 0) is 49.2 Å². The van der Waals surface area contributed by atoms with Gasteiger partial charge in [-0.1, -0.05) is 37.4 Å². The number of aryl methyl sites for hydroxylation is 4. The summed E-state index contributed by atoms with van der Waals surface area (Å²) in [6.45, 7) is 3.56. The maximum Gasteiger partial charge on any atom is 0.332 e. The Morgan fingerprint density at radius 2 is 0.952 bits per heavy atom. The summed E-state index contributed by atoms with van der Waals surface area (Å²) in [6, 6.07) is 12.5. The zero-order chi connectivity index (χ0) is 45.1. The van der Waals surface area contributed by atoms with E-state index < -0.39 is 44.8 Å². The lowest BCUT2D eigenvalue weighted by atomic mass is 9.90. The number of fused-ring (bicyclic) bond motifs is 6. The van der Waals surface area contributed by atoms with E-state index >= 15 is 0 Å². The average molecular weight is 875 g/mol. The van der Waals surface area contributed by atoms with Crippen molar-refractivity contribution in [3.8, 4) is 0 Å². The van der Waals surface area contributed by atoms with Gasteiger partial charge >= 0.3 is 11.4 Å². The number of nitro benzene ring substituents is 1. The molecule has 2 aliphatic carbocycles. The molecule has 18 nitrogen and oxygen atoms in total. The zero-order valence-electron chi connectivity index (χ0n) is 33.8. The van der Waals surface area contributed by atoms with Crippen LogP contribution in [0.3, 0.4) is 0 Å². The molecule has 0 amide bonds. The largest absolute Gasteiger partial charge is 0.399 e. The third kappa shape index (κ3) is 7.11. The van der Waals surface area contributed by atoms with Gasteiger partial charge in [-0.2, -0.15) is 0 Å². The minimum absolute atomic E-state index is 0.0136. The molecule has 314 valence electrons. The number of rotatable bonds is 7. The quantitative estimate of drug-likeness (QED) is 0.135. The average Bonchev–Trinajstić information content (AvgIpc) is 3.26. The molecule has 0 saturated carbocycles. The van der Waals surface area contributed by atoms with Gasteiger partial charge in [0, 0.05) is 68.0 Å². The van der Waals surface area contributed by atoms with E-state index in [1.165, 1.54) is 67.7 Å². The molecule has 6 aromatic rings. The highest BCUT2D eigenvalue weighted by molar-refractivity contribution is 8.04. The maximum absolute atomic E-state index is 13.3. The van der Waals surface area contributed by atoms with E-state index in [1.54, 1.807) is 38.1 Å². The van der Waals surface area contributed by atoms with Gasteiger partial charge in [0.25, 0.3) is 16.8 Å². The van der Waals surface area contributed by atoms with Gasteiger partial charge in [-0.3, -0.25) is 57.1 Å². The van der Waals surface area contributed by atoms with Crippen molar-refractivity contribution in [1.29, 1.82) is 0 Å². The van der Waals surface area contributed by atoms with Crippen LogP contribution in [0, 0.1) is 10.1 Å². The Morgan fingerprint density at radius 3 is 1.31 bits per heavy atom. The molecule has 0 radical (unpaired) electrons. The van der Waals surface area contributed by atoms with Crippen molar-refractivity contribution in [2.45, 2.75) is 36.5 Å². The fourth-order valence-electron chi connectivity index (χ4n) is 7.10. The molecule has 4 heterocycles. The number of nitro groups is 1. The first kappa shape index (κ1) is 42.8.